The normalized spacial score (nSPS) is 10.9. The Bertz CT molecular complexity index is 415. The molecule has 0 spiro atoms. The van der Waals surface area contributed by atoms with Gasteiger partial charge < -0.3 is 10.2 Å². The highest BCUT2D eigenvalue weighted by Crippen LogP contribution is 2.26. The van der Waals surface area contributed by atoms with Crippen molar-refractivity contribution in [1.82, 2.24) is 0 Å². The summed E-state index contributed by atoms with van der Waals surface area (Å²) in [6.45, 7) is 3.42. The van der Waals surface area contributed by atoms with Crippen LogP contribution >= 0.6 is 0 Å². The average Bonchev–Trinajstić information content (AvgIpc) is 2.27. The Balaban J connectivity index is 3.29. The molecule has 0 fully saturated rings. The molecular weight excluding hydrogens is 222 g/mol. The van der Waals surface area contributed by atoms with Crippen molar-refractivity contribution in [1.29, 1.82) is 0 Å². The van der Waals surface area contributed by atoms with Gasteiger partial charge in [-0.15, -0.1) is 0 Å². The van der Waals surface area contributed by atoms with Crippen LogP contribution in [0.1, 0.15) is 30.5 Å². The number of aliphatic hydroxyl groups excluding tert-OH is 2. The molecule has 0 amide bonds. The average molecular weight is 239 g/mol. The lowest BCUT2D eigenvalue weighted by molar-refractivity contribution is -0.385. The van der Waals surface area contributed by atoms with Gasteiger partial charge in [-0.2, -0.15) is 0 Å². The van der Waals surface area contributed by atoms with Crippen LogP contribution in [0.25, 0.3) is 0 Å². The molecule has 0 aliphatic rings. The van der Waals surface area contributed by atoms with Crippen molar-refractivity contribution in [2.45, 2.75) is 33.5 Å². The second kappa shape index (κ2) is 5.75. The van der Waals surface area contributed by atoms with Crippen molar-refractivity contribution in [3.8, 4) is 0 Å². The van der Waals surface area contributed by atoms with Gasteiger partial charge in [-0.1, -0.05) is 13.8 Å². The third-order valence-electron chi connectivity index (χ3n) is 2.57. The topological polar surface area (TPSA) is 83.6 Å². The lowest BCUT2D eigenvalue weighted by Crippen LogP contribution is -2.04. The number of hydrogen-bond donors (Lipinski definition) is 2. The standard InChI is InChI=1S/C12H17NO4/c1-8(2)3-9-4-10(6-14)11(7-15)5-12(9)13(16)17/h4-5,8,14-15H,3,6-7H2,1-2H3. The minimum atomic E-state index is -0.446. The van der Waals surface area contributed by atoms with Crippen molar-refractivity contribution in [3.05, 3.63) is 38.9 Å². The van der Waals surface area contributed by atoms with E-state index in [-0.39, 0.29) is 18.9 Å². The van der Waals surface area contributed by atoms with Gasteiger partial charge in [-0.05, 0) is 29.5 Å². The molecule has 1 aromatic rings. The summed E-state index contributed by atoms with van der Waals surface area (Å²) in [6.07, 6.45) is 0.578. The smallest absolute Gasteiger partial charge is 0.272 e. The number of rotatable bonds is 5. The van der Waals surface area contributed by atoms with E-state index in [9.17, 15) is 10.1 Å². The second-order valence-electron chi connectivity index (χ2n) is 4.42. The van der Waals surface area contributed by atoms with E-state index >= 15 is 0 Å². The monoisotopic (exact) mass is 239 g/mol. The molecule has 0 aliphatic heterocycles. The molecule has 1 aromatic carbocycles. The molecule has 0 aliphatic carbocycles. The molecule has 0 unspecified atom stereocenters. The zero-order valence-electron chi connectivity index (χ0n) is 10.0. The molecule has 5 nitrogen and oxygen atoms in total. The van der Waals surface area contributed by atoms with Gasteiger partial charge in [0.1, 0.15) is 0 Å². The first kappa shape index (κ1) is 13.6. The molecule has 0 atom stereocenters. The molecule has 0 saturated heterocycles. The molecule has 5 heteroatoms. The van der Waals surface area contributed by atoms with Gasteiger partial charge in [0, 0.05) is 11.6 Å². The number of nitro benzene ring substituents is 1. The van der Waals surface area contributed by atoms with Crippen molar-refractivity contribution >= 4 is 5.69 Å². The summed E-state index contributed by atoms with van der Waals surface area (Å²) in [7, 11) is 0. The van der Waals surface area contributed by atoms with Crippen molar-refractivity contribution in [2.24, 2.45) is 5.92 Å². The number of aliphatic hydroxyl groups is 2. The second-order valence-corrected chi connectivity index (χ2v) is 4.42. The zero-order valence-corrected chi connectivity index (χ0v) is 10.0. The highest BCUT2D eigenvalue weighted by molar-refractivity contribution is 5.47. The fraction of sp³-hybridized carbons (Fsp3) is 0.500. The summed E-state index contributed by atoms with van der Waals surface area (Å²) < 4.78 is 0. The summed E-state index contributed by atoms with van der Waals surface area (Å²) >= 11 is 0. The van der Waals surface area contributed by atoms with Gasteiger partial charge in [-0.25, -0.2) is 0 Å². The predicted octanol–water partition coefficient (Wildman–Crippen LogP) is 1.78. The SMILES string of the molecule is CC(C)Cc1cc(CO)c(CO)cc1[N+](=O)[O-]. The Morgan fingerprint density at radius 1 is 1.18 bits per heavy atom. The molecule has 2 N–H and O–H groups in total. The molecule has 94 valence electrons. The largest absolute Gasteiger partial charge is 0.392 e. The fourth-order valence-electron chi connectivity index (χ4n) is 1.80. The Labute approximate surface area is 99.9 Å². The Kier molecular flexibility index (Phi) is 4.60. The molecule has 0 saturated carbocycles. The van der Waals surface area contributed by atoms with E-state index in [4.69, 9.17) is 10.2 Å². The van der Waals surface area contributed by atoms with Gasteiger partial charge in [0.2, 0.25) is 0 Å². The van der Waals surface area contributed by atoms with Crippen molar-refractivity contribution in [2.75, 3.05) is 0 Å². The first-order valence-corrected chi connectivity index (χ1v) is 5.50. The molecular formula is C12H17NO4. The Hall–Kier alpha value is -1.46. The number of benzene rings is 1. The maximum atomic E-state index is 10.9. The molecule has 0 bridgehead atoms. The molecule has 0 aromatic heterocycles. The highest BCUT2D eigenvalue weighted by Gasteiger charge is 2.18. The summed E-state index contributed by atoms with van der Waals surface area (Å²) in [6, 6.07) is 2.97. The van der Waals surface area contributed by atoms with Crippen LogP contribution in [0.2, 0.25) is 0 Å². The highest BCUT2D eigenvalue weighted by atomic mass is 16.6. The van der Waals surface area contributed by atoms with Crippen LogP contribution in [0.5, 0.6) is 0 Å². The maximum absolute atomic E-state index is 10.9. The Morgan fingerprint density at radius 2 is 1.71 bits per heavy atom. The van der Waals surface area contributed by atoms with E-state index in [2.05, 4.69) is 0 Å². The Morgan fingerprint density at radius 3 is 2.12 bits per heavy atom. The van der Waals surface area contributed by atoms with Crippen LogP contribution in [-0.2, 0) is 19.6 Å². The van der Waals surface area contributed by atoms with Crippen LogP contribution < -0.4 is 0 Å². The number of nitro groups is 1. The van der Waals surface area contributed by atoms with E-state index in [0.717, 1.165) is 0 Å². The van der Waals surface area contributed by atoms with Crippen LogP contribution in [0.15, 0.2) is 12.1 Å². The minimum Gasteiger partial charge on any atom is -0.392 e. The van der Waals surface area contributed by atoms with Crippen LogP contribution in [0, 0.1) is 16.0 Å². The van der Waals surface area contributed by atoms with Gasteiger partial charge in [0.15, 0.2) is 0 Å². The first-order chi connectivity index (χ1) is 7.99. The van der Waals surface area contributed by atoms with Gasteiger partial charge in [-0.3, -0.25) is 10.1 Å². The van der Waals surface area contributed by atoms with E-state index in [1.165, 1.54) is 6.07 Å². The van der Waals surface area contributed by atoms with Gasteiger partial charge >= 0.3 is 0 Å². The summed E-state index contributed by atoms with van der Waals surface area (Å²) in [5.74, 6) is 0.292. The number of hydrogen-bond acceptors (Lipinski definition) is 4. The summed E-state index contributed by atoms with van der Waals surface area (Å²) in [4.78, 5) is 10.5. The van der Waals surface area contributed by atoms with Crippen molar-refractivity contribution < 1.29 is 15.1 Å². The first-order valence-electron chi connectivity index (χ1n) is 5.50. The van der Waals surface area contributed by atoms with E-state index in [0.29, 0.717) is 29.0 Å². The van der Waals surface area contributed by atoms with E-state index in [1.807, 2.05) is 13.8 Å². The summed E-state index contributed by atoms with van der Waals surface area (Å²) in [5.41, 5.74) is 1.58. The zero-order chi connectivity index (χ0) is 13.0. The summed E-state index contributed by atoms with van der Waals surface area (Å²) in [5, 5.41) is 29.2. The number of nitrogens with zero attached hydrogens (tertiary/aromatic N) is 1. The van der Waals surface area contributed by atoms with Gasteiger partial charge in [0.25, 0.3) is 5.69 Å². The predicted molar refractivity (Wildman–Crippen MR) is 63.5 cm³/mol. The third kappa shape index (κ3) is 3.25. The molecule has 1 rings (SSSR count). The lowest BCUT2D eigenvalue weighted by atomic mass is 9.96. The molecule has 17 heavy (non-hydrogen) atoms. The van der Waals surface area contributed by atoms with Crippen molar-refractivity contribution in [3.63, 3.8) is 0 Å². The van der Waals surface area contributed by atoms with E-state index < -0.39 is 4.92 Å². The quantitative estimate of drug-likeness (QED) is 0.606. The lowest BCUT2D eigenvalue weighted by Gasteiger charge is -2.11. The molecule has 0 radical (unpaired) electrons. The van der Waals surface area contributed by atoms with Crippen LogP contribution in [-0.4, -0.2) is 15.1 Å². The van der Waals surface area contributed by atoms with Gasteiger partial charge in [0.05, 0.1) is 18.1 Å². The fourth-order valence-corrected chi connectivity index (χ4v) is 1.80. The van der Waals surface area contributed by atoms with Crippen LogP contribution in [0.3, 0.4) is 0 Å². The third-order valence-corrected chi connectivity index (χ3v) is 2.57. The van der Waals surface area contributed by atoms with E-state index in [1.54, 1.807) is 6.07 Å². The minimum absolute atomic E-state index is 0.0138. The molecule has 0 heterocycles. The van der Waals surface area contributed by atoms with Crippen LogP contribution in [0.4, 0.5) is 5.69 Å². The maximum Gasteiger partial charge on any atom is 0.272 e.